The van der Waals surface area contributed by atoms with Crippen LogP contribution >= 0.6 is 0 Å². The van der Waals surface area contributed by atoms with Crippen molar-refractivity contribution in [1.82, 2.24) is 4.57 Å². The van der Waals surface area contributed by atoms with Crippen molar-refractivity contribution in [3.05, 3.63) is 28.2 Å². The van der Waals surface area contributed by atoms with Gasteiger partial charge in [0.05, 0.1) is 11.2 Å². The molecule has 1 fully saturated rings. The Morgan fingerprint density at radius 2 is 1.69 bits per heavy atom. The second-order valence-corrected chi connectivity index (χ2v) is 11.5. The molecule has 0 aromatic carbocycles. The van der Waals surface area contributed by atoms with E-state index in [1.54, 1.807) is 19.3 Å². The molecule has 2 rings (SSSR count). The molecule has 2 atom stereocenters. The van der Waals surface area contributed by atoms with Crippen LogP contribution in [0.1, 0.15) is 66.9 Å². The minimum Gasteiger partial charge on any atom is -0.399 e. The zero-order valence-corrected chi connectivity index (χ0v) is 18.3. The maximum atomic E-state index is 12.6. The average molecular weight is 381 g/mol. The molecular formula is C19H32BNO4S. The maximum absolute atomic E-state index is 12.6. The first-order valence-electron chi connectivity index (χ1n) is 9.10. The number of aryl methyl sites for hydroxylation is 1. The molecule has 0 N–H and O–H groups in total. The molecule has 26 heavy (non-hydrogen) atoms. The van der Waals surface area contributed by atoms with Crippen LogP contribution in [0.25, 0.3) is 0 Å². The Morgan fingerprint density at radius 1 is 1.19 bits per heavy atom. The van der Waals surface area contributed by atoms with E-state index in [0.29, 0.717) is 5.75 Å². The van der Waals surface area contributed by atoms with Crippen LogP contribution in [-0.2, 0) is 27.2 Å². The SMILES string of the molecule is C[C@H](C[S@@](=O)C(C)(C)C)c1cc(=O)n(C)cc1B1OC(C)(C)C(C)(C)O1. The number of pyridine rings is 1. The van der Waals surface area contributed by atoms with Gasteiger partial charge in [0, 0.05) is 46.1 Å². The maximum Gasteiger partial charge on any atom is 0.496 e. The van der Waals surface area contributed by atoms with E-state index in [1.165, 1.54) is 4.57 Å². The van der Waals surface area contributed by atoms with Gasteiger partial charge in [-0.25, -0.2) is 0 Å². The number of hydrogen-bond donors (Lipinski definition) is 0. The fraction of sp³-hybridized carbons (Fsp3) is 0.737. The Morgan fingerprint density at radius 3 is 2.15 bits per heavy atom. The van der Waals surface area contributed by atoms with Gasteiger partial charge in [-0.1, -0.05) is 6.92 Å². The van der Waals surface area contributed by atoms with Crippen LogP contribution in [0.3, 0.4) is 0 Å². The van der Waals surface area contributed by atoms with Crippen LogP contribution in [0.4, 0.5) is 0 Å². The summed E-state index contributed by atoms with van der Waals surface area (Å²) >= 11 is 0. The van der Waals surface area contributed by atoms with Gasteiger partial charge in [0.25, 0.3) is 0 Å². The molecule has 0 unspecified atom stereocenters. The predicted molar refractivity (Wildman–Crippen MR) is 109 cm³/mol. The zero-order chi connectivity index (χ0) is 20.1. The first kappa shape index (κ1) is 21.4. The van der Waals surface area contributed by atoms with Gasteiger partial charge in [-0.2, -0.15) is 0 Å². The van der Waals surface area contributed by atoms with E-state index < -0.39 is 29.1 Å². The Kier molecular flexibility index (Phi) is 5.69. The van der Waals surface area contributed by atoms with Crippen LogP contribution < -0.4 is 11.0 Å². The lowest BCUT2D eigenvalue weighted by Crippen LogP contribution is -2.41. The Bertz CT molecular complexity index is 748. The monoisotopic (exact) mass is 381 g/mol. The van der Waals surface area contributed by atoms with Crippen molar-refractivity contribution in [2.45, 2.75) is 77.3 Å². The van der Waals surface area contributed by atoms with Gasteiger partial charge in [0.2, 0.25) is 5.56 Å². The summed E-state index contributed by atoms with van der Waals surface area (Å²) in [7, 11) is 0.162. The molecule has 0 aliphatic carbocycles. The molecule has 0 radical (unpaired) electrons. The van der Waals surface area contributed by atoms with Gasteiger partial charge in [-0.3, -0.25) is 9.00 Å². The standard InChI is InChI=1S/C19H32BNO4S/c1-13(12-26(23)17(2,3)4)14-10-16(22)21(9)11-15(14)20-24-18(5,6)19(7,8)25-20/h10-11,13H,12H2,1-9H3/t13-,26-/m1/s1. The van der Waals surface area contributed by atoms with Crippen molar-refractivity contribution in [3.63, 3.8) is 0 Å². The molecule has 146 valence electrons. The van der Waals surface area contributed by atoms with Crippen molar-refractivity contribution < 1.29 is 13.5 Å². The highest BCUT2D eigenvalue weighted by Crippen LogP contribution is 2.37. The highest BCUT2D eigenvalue weighted by Gasteiger charge is 2.52. The van der Waals surface area contributed by atoms with Crippen LogP contribution in [0.15, 0.2) is 17.1 Å². The minimum absolute atomic E-state index is 0.0435. The Labute approximate surface area is 160 Å². The van der Waals surface area contributed by atoms with Gasteiger partial charge in [0.1, 0.15) is 0 Å². The van der Waals surface area contributed by atoms with E-state index in [-0.39, 0.29) is 16.2 Å². The number of rotatable bonds is 4. The fourth-order valence-electron chi connectivity index (χ4n) is 2.83. The van der Waals surface area contributed by atoms with Gasteiger partial charge >= 0.3 is 7.12 Å². The van der Waals surface area contributed by atoms with E-state index >= 15 is 0 Å². The summed E-state index contributed by atoms with van der Waals surface area (Å²) in [5.74, 6) is 0.446. The second-order valence-electron chi connectivity index (χ2n) is 9.25. The van der Waals surface area contributed by atoms with Gasteiger partial charge in [0.15, 0.2) is 0 Å². The normalized spacial score (nSPS) is 21.7. The van der Waals surface area contributed by atoms with Crippen LogP contribution in [0, 0.1) is 0 Å². The molecule has 0 bridgehead atoms. The topological polar surface area (TPSA) is 57.5 Å². The highest BCUT2D eigenvalue weighted by atomic mass is 32.2. The minimum atomic E-state index is -1.01. The lowest BCUT2D eigenvalue weighted by Gasteiger charge is -2.32. The van der Waals surface area contributed by atoms with Crippen molar-refractivity contribution in [1.29, 1.82) is 0 Å². The summed E-state index contributed by atoms with van der Waals surface area (Å²) in [6.07, 6.45) is 1.79. The zero-order valence-electron chi connectivity index (χ0n) is 17.5. The molecular weight excluding hydrogens is 349 g/mol. The van der Waals surface area contributed by atoms with Crippen molar-refractivity contribution in [2.75, 3.05) is 5.75 Å². The second kappa shape index (κ2) is 6.91. The summed E-state index contributed by atoms with van der Waals surface area (Å²) in [6, 6.07) is 1.63. The van der Waals surface area contributed by atoms with E-state index in [1.807, 2.05) is 55.4 Å². The van der Waals surface area contributed by atoms with Crippen molar-refractivity contribution in [3.8, 4) is 0 Å². The quantitative estimate of drug-likeness (QED) is 0.752. The third-order valence-electron chi connectivity index (χ3n) is 5.42. The summed E-state index contributed by atoms with van der Waals surface area (Å²) in [6.45, 7) is 15.9. The van der Waals surface area contributed by atoms with Gasteiger partial charge in [-0.15, -0.1) is 0 Å². The molecule has 7 heteroatoms. The van der Waals surface area contributed by atoms with Crippen molar-refractivity contribution in [2.24, 2.45) is 7.05 Å². The first-order valence-corrected chi connectivity index (χ1v) is 10.4. The lowest BCUT2D eigenvalue weighted by atomic mass is 9.74. The molecule has 1 saturated heterocycles. The number of aromatic nitrogens is 1. The van der Waals surface area contributed by atoms with E-state index in [9.17, 15) is 9.00 Å². The third-order valence-corrected chi connectivity index (χ3v) is 7.58. The van der Waals surface area contributed by atoms with Crippen molar-refractivity contribution >= 4 is 23.4 Å². The molecule has 0 saturated carbocycles. The molecule has 1 aromatic rings. The molecule has 1 aliphatic rings. The summed E-state index contributed by atoms with van der Waals surface area (Å²) in [5, 5.41) is 0. The molecule has 2 heterocycles. The summed E-state index contributed by atoms with van der Waals surface area (Å²) < 4.78 is 26.2. The van der Waals surface area contributed by atoms with Crippen LogP contribution in [0.5, 0.6) is 0 Å². The number of nitrogens with zero attached hydrogens (tertiary/aromatic N) is 1. The lowest BCUT2D eigenvalue weighted by molar-refractivity contribution is 0.00578. The van der Waals surface area contributed by atoms with E-state index in [0.717, 1.165) is 11.0 Å². The van der Waals surface area contributed by atoms with E-state index in [4.69, 9.17) is 9.31 Å². The molecule has 0 spiro atoms. The number of hydrogen-bond acceptors (Lipinski definition) is 4. The Hall–Kier alpha value is -0.915. The smallest absolute Gasteiger partial charge is 0.399 e. The van der Waals surface area contributed by atoms with Gasteiger partial charge in [-0.05, 0) is 59.9 Å². The molecule has 1 aliphatic heterocycles. The molecule has 5 nitrogen and oxygen atoms in total. The third kappa shape index (κ3) is 4.15. The largest absolute Gasteiger partial charge is 0.496 e. The molecule has 1 aromatic heterocycles. The summed E-state index contributed by atoms with van der Waals surface area (Å²) in [4.78, 5) is 12.3. The Balaban J connectivity index is 2.44. The van der Waals surface area contributed by atoms with Gasteiger partial charge < -0.3 is 13.9 Å². The first-order chi connectivity index (χ1) is 11.7. The molecule has 0 amide bonds. The fourth-order valence-corrected chi connectivity index (χ4v) is 3.96. The van der Waals surface area contributed by atoms with Crippen LogP contribution in [0.2, 0.25) is 0 Å². The van der Waals surface area contributed by atoms with Crippen LogP contribution in [-0.4, -0.2) is 37.6 Å². The average Bonchev–Trinajstić information content (AvgIpc) is 2.68. The summed E-state index contributed by atoms with van der Waals surface area (Å²) in [5.41, 5.74) is 0.685. The van der Waals surface area contributed by atoms with E-state index in [2.05, 4.69) is 0 Å². The predicted octanol–water partition coefficient (Wildman–Crippen LogP) is 2.34. The highest BCUT2D eigenvalue weighted by molar-refractivity contribution is 7.86.